The molecule has 0 fully saturated rings. The number of hydrogen-bond donors (Lipinski definition) is 2. The zero-order valence-corrected chi connectivity index (χ0v) is 52.7. The van der Waals surface area contributed by atoms with Crippen LogP contribution in [0.3, 0.4) is 0 Å². The SMILES string of the molecule is CCc1c2c(nc3ccc(OC(=O)c4cccc(C(=O)NC(Cc5ccccc5)C(=O)CCCCCOc5cc(CN(Cc6ccccn6)Cc6ccccn6)cc(CN(Cc6ccccn6)Cc6ccccn6)c5)c4)cc13)-c1cc3c(c(=O)n1C2)COC(=O)[C@@]3(O)CC. The molecule has 12 rings (SSSR count). The quantitative estimate of drug-likeness (QED) is 0.0264. The average molecular weight is 1260 g/mol. The van der Waals surface area contributed by atoms with Gasteiger partial charge < -0.3 is 29.2 Å². The number of aryl methyl sites for hydroxylation is 1. The number of benzene rings is 4. The Balaban J connectivity index is 0.702. The van der Waals surface area contributed by atoms with E-state index in [1.807, 2.05) is 135 Å². The number of rotatable bonds is 28. The van der Waals surface area contributed by atoms with Crippen molar-refractivity contribution in [3.05, 3.63) is 278 Å². The molecule has 2 N–H and O–H groups in total. The second-order valence-electron chi connectivity index (χ2n) is 23.9. The molecule has 2 aliphatic heterocycles. The van der Waals surface area contributed by atoms with Gasteiger partial charge in [0.25, 0.3) is 11.5 Å². The van der Waals surface area contributed by atoms with E-state index in [-0.39, 0.29) is 71.8 Å². The number of cyclic esters (lactones) is 1. The van der Waals surface area contributed by atoms with Crippen molar-refractivity contribution in [2.75, 3.05) is 6.61 Å². The van der Waals surface area contributed by atoms with Crippen molar-refractivity contribution in [2.24, 2.45) is 0 Å². The monoisotopic (exact) mass is 1260 g/mol. The fraction of sp³-hybridized carbons (Fsp3) is 0.263. The maximum atomic E-state index is 14.2. The molecule has 1 amide bonds. The fourth-order valence-electron chi connectivity index (χ4n) is 12.6. The highest BCUT2D eigenvalue weighted by atomic mass is 16.6. The highest BCUT2D eigenvalue weighted by molar-refractivity contribution is 6.01. The Morgan fingerprint density at radius 2 is 1.23 bits per heavy atom. The van der Waals surface area contributed by atoms with E-state index in [1.54, 1.807) is 54.0 Å². The number of hydrogen-bond acceptors (Lipinski definition) is 16. The van der Waals surface area contributed by atoms with Crippen molar-refractivity contribution in [3.63, 3.8) is 0 Å². The Labute approximate surface area is 545 Å². The standard InChI is InChI=1S/C76H73N9O9/c1-3-62-63-41-60(29-30-67(63)81-71-64(62)49-85-69(71)42-66-65(73(85)88)50-93-75(90)76(66,91)4-2)94-74(89)55-23-19-22-54(40-55)72(87)82-68(39-51-20-7-5-8-21-51)70(86)28-9-6-18-35-92-61-37-52(43-83(45-56-24-10-14-31-77-56)46-57-25-11-15-32-78-57)36-53(38-61)44-84(47-58-26-12-16-33-79-58)48-59-27-13-17-34-80-59/h5,7-8,10-17,19-27,29-34,36-38,40-42,68,91H,3-4,6,9,18,28,35,39,43-50H2,1-2H3,(H,82,87)/t68?,76-/m1/s1. The van der Waals surface area contributed by atoms with Crippen LogP contribution in [0.5, 0.6) is 11.5 Å². The molecule has 8 heterocycles. The van der Waals surface area contributed by atoms with Gasteiger partial charge in [0.05, 0.1) is 70.0 Å². The molecule has 0 radical (unpaired) electrons. The van der Waals surface area contributed by atoms with Gasteiger partial charge in [0.2, 0.25) is 0 Å². The Hall–Kier alpha value is -10.4. The van der Waals surface area contributed by atoms with Crippen molar-refractivity contribution in [1.82, 2.24) is 44.6 Å². The zero-order chi connectivity index (χ0) is 65.0. The van der Waals surface area contributed by atoms with Gasteiger partial charge in [-0.25, -0.2) is 14.6 Å². The van der Waals surface area contributed by atoms with Crippen LogP contribution in [0, 0.1) is 0 Å². The number of aliphatic hydroxyl groups is 1. The van der Waals surface area contributed by atoms with Gasteiger partial charge in [-0.1, -0.05) is 80.6 Å². The molecule has 0 bridgehead atoms. The Bertz CT molecular complexity index is 4220. The summed E-state index contributed by atoms with van der Waals surface area (Å²) in [5, 5.41) is 15.1. The van der Waals surface area contributed by atoms with Crippen LogP contribution in [-0.4, -0.2) is 80.7 Å². The van der Waals surface area contributed by atoms with Crippen LogP contribution in [0.25, 0.3) is 22.3 Å². The fourth-order valence-corrected chi connectivity index (χ4v) is 12.6. The third kappa shape index (κ3) is 15.1. The maximum Gasteiger partial charge on any atom is 0.343 e. The number of unbranched alkanes of at least 4 members (excludes halogenated alkanes) is 2. The summed E-state index contributed by atoms with van der Waals surface area (Å²) in [5.41, 5.74) is 8.73. The lowest BCUT2D eigenvalue weighted by Crippen LogP contribution is -2.44. The predicted molar refractivity (Wildman–Crippen MR) is 355 cm³/mol. The third-order valence-corrected chi connectivity index (χ3v) is 17.3. The van der Waals surface area contributed by atoms with E-state index in [9.17, 15) is 29.1 Å². The van der Waals surface area contributed by atoms with Crippen molar-refractivity contribution in [2.45, 2.75) is 123 Å². The first kappa shape index (κ1) is 63.7. The second kappa shape index (κ2) is 29.5. The van der Waals surface area contributed by atoms with Gasteiger partial charge in [-0.15, -0.1) is 0 Å². The highest BCUT2D eigenvalue weighted by Crippen LogP contribution is 2.41. The van der Waals surface area contributed by atoms with Crippen LogP contribution < -0.4 is 20.3 Å². The molecule has 4 aromatic carbocycles. The Kier molecular flexibility index (Phi) is 20.0. The van der Waals surface area contributed by atoms with Crippen LogP contribution in [0.4, 0.5) is 0 Å². The molecule has 0 saturated heterocycles. The van der Waals surface area contributed by atoms with Crippen molar-refractivity contribution < 1.29 is 38.5 Å². The first-order chi connectivity index (χ1) is 45.9. The summed E-state index contributed by atoms with van der Waals surface area (Å²) < 4.78 is 19.4. The van der Waals surface area contributed by atoms with Gasteiger partial charge in [0.1, 0.15) is 18.1 Å². The summed E-state index contributed by atoms with van der Waals surface area (Å²) in [7, 11) is 0. The first-order valence-corrected chi connectivity index (χ1v) is 32.0. The number of Topliss-reactive ketones (excluding diaryl/α,β-unsaturated/α-hetero) is 1. The number of nitrogens with one attached hydrogen (secondary N) is 1. The number of aromatic nitrogens is 6. The second-order valence-corrected chi connectivity index (χ2v) is 23.9. The molecule has 1 unspecified atom stereocenters. The number of amides is 1. The predicted octanol–water partition coefficient (Wildman–Crippen LogP) is 11.4. The van der Waals surface area contributed by atoms with Crippen LogP contribution in [0.2, 0.25) is 0 Å². The molecule has 476 valence electrons. The molecule has 0 saturated carbocycles. The van der Waals surface area contributed by atoms with E-state index in [0.29, 0.717) is 88.5 Å². The number of nitrogens with zero attached hydrogens (tertiary/aromatic N) is 8. The minimum absolute atomic E-state index is 0.0320. The van der Waals surface area contributed by atoms with Crippen molar-refractivity contribution in [1.29, 1.82) is 0 Å². The molecule has 6 aromatic heterocycles. The first-order valence-electron chi connectivity index (χ1n) is 32.0. The topological polar surface area (TPSA) is 221 Å². The normalized spacial score (nSPS) is 14.2. The smallest absolute Gasteiger partial charge is 0.343 e. The van der Waals surface area contributed by atoms with E-state index in [2.05, 4.69) is 53.3 Å². The number of fused-ring (bicyclic) bond motifs is 5. The summed E-state index contributed by atoms with van der Waals surface area (Å²) in [5.74, 6) is -1.11. The molecule has 2 aliphatic rings. The highest BCUT2D eigenvalue weighted by Gasteiger charge is 2.45. The number of esters is 2. The summed E-state index contributed by atoms with van der Waals surface area (Å²) in [6.07, 6.45) is 10.3. The summed E-state index contributed by atoms with van der Waals surface area (Å²) in [6, 6.07) is 52.1. The molecule has 2 atom stereocenters. The molecule has 0 spiro atoms. The van der Waals surface area contributed by atoms with E-state index in [0.717, 1.165) is 61.7 Å². The molecule has 18 heteroatoms. The molecular weight excluding hydrogens is 1180 g/mol. The maximum absolute atomic E-state index is 14.2. The summed E-state index contributed by atoms with van der Waals surface area (Å²) in [4.78, 5) is 97.3. The van der Waals surface area contributed by atoms with Gasteiger partial charge in [-0.2, -0.15) is 0 Å². The average Bonchev–Trinajstić information content (AvgIpc) is 1.51. The van der Waals surface area contributed by atoms with Crippen LogP contribution in [0.15, 0.2) is 199 Å². The number of carbonyl (C=O) groups excluding carboxylic acids is 4. The largest absolute Gasteiger partial charge is 0.494 e. The number of ether oxygens (including phenoxy) is 3. The zero-order valence-electron chi connectivity index (χ0n) is 52.7. The third-order valence-electron chi connectivity index (χ3n) is 17.3. The summed E-state index contributed by atoms with van der Waals surface area (Å²) in [6.45, 7) is 7.74. The minimum atomic E-state index is -1.95. The number of carbonyl (C=O) groups is 4. The number of pyridine rings is 6. The van der Waals surface area contributed by atoms with Crippen molar-refractivity contribution in [3.8, 4) is 22.9 Å². The van der Waals surface area contributed by atoms with E-state index < -0.39 is 29.5 Å². The number of ketones is 1. The van der Waals surface area contributed by atoms with Gasteiger partial charge in [0.15, 0.2) is 11.4 Å². The van der Waals surface area contributed by atoms with E-state index in [4.69, 9.17) is 19.2 Å². The Morgan fingerprint density at radius 3 is 1.82 bits per heavy atom. The van der Waals surface area contributed by atoms with Gasteiger partial charge in [-0.05, 0) is 164 Å². The molecule has 18 nitrogen and oxygen atoms in total. The lowest BCUT2D eigenvalue weighted by atomic mass is 9.86. The van der Waals surface area contributed by atoms with Gasteiger partial charge in [0, 0.05) is 92.6 Å². The van der Waals surface area contributed by atoms with Crippen molar-refractivity contribution >= 4 is 34.5 Å². The van der Waals surface area contributed by atoms with Gasteiger partial charge >= 0.3 is 11.9 Å². The lowest BCUT2D eigenvalue weighted by molar-refractivity contribution is -0.172. The van der Waals surface area contributed by atoms with Crippen LogP contribution in [-0.2, 0) is 85.2 Å². The van der Waals surface area contributed by atoms with Crippen LogP contribution >= 0.6 is 0 Å². The van der Waals surface area contributed by atoms with Gasteiger partial charge in [-0.3, -0.25) is 44.1 Å². The summed E-state index contributed by atoms with van der Waals surface area (Å²) >= 11 is 0. The molecular formula is C76H73N9O9. The van der Waals surface area contributed by atoms with E-state index in [1.165, 1.54) is 6.07 Å². The lowest BCUT2D eigenvalue weighted by Gasteiger charge is -2.31. The van der Waals surface area contributed by atoms with E-state index >= 15 is 0 Å². The minimum Gasteiger partial charge on any atom is -0.494 e. The Morgan fingerprint density at radius 1 is 0.628 bits per heavy atom. The molecule has 10 aromatic rings. The molecule has 94 heavy (non-hydrogen) atoms. The van der Waals surface area contributed by atoms with Crippen LogP contribution in [0.1, 0.15) is 128 Å². The molecule has 0 aliphatic carbocycles.